The van der Waals surface area contributed by atoms with Crippen LogP contribution in [0.4, 0.5) is 0 Å². The Hall–Kier alpha value is -2.51. The Morgan fingerprint density at radius 1 is 0.972 bits per heavy atom. The summed E-state index contributed by atoms with van der Waals surface area (Å²) in [6.45, 7) is 14.3. The van der Waals surface area contributed by atoms with Gasteiger partial charge in [0.15, 0.2) is 11.6 Å². The molecule has 0 N–H and O–H groups in total. The zero-order chi connectivity index (χ0) is 27.3. The molecule has 0 amide bonds. The molecule has 0 aliphatic heterocycles. The van der Waals surface area contributed by atoms with Crippen molar-refractivity contribution in [1.29, 1.82) is 0 Å². The van der Waals surface area contributed by atoms with E-state index in [0.29, 0.717) is 5.75 Å². The van der Waals surface area contributed by atoms with Gasteiger partial charge in [0.2, 0.25) is 0 Å². The van der Waals surface area contributed by atoms with E-state index < -0.39 is 5.41 Å². The van der Waals surface area contributed by atoms with Crippen molar-refractivity contribution in [2.24, 2.45) is 5.41 Å². The molecule has 36 heavy (non-hydrogen) atoms. The first kappa shape index (κ1) is 29.7. The predicted octanol–water partition coefficient (Wildman–Crippen LogP) is 5.75. The molecular weight excluding hydrogens is 474 g/mol. The van der Waals surface area contributed by atoms with E-state index in [2.05, 4.69) is 32.0 Å². The van der Waals surface area contributed by atoms with Gasteiger partial charge in [0.1, 0.15) is 12.4 Å². The molecule has 0 spiro atoms. The number of likely N-dealkylation sites (N-methyl/N-ethyl adjacent to an activating group) is 1. The number of carbonyl (C=O) groups is 3. The van der Waals surface area contributed by atoms with Gasteiger partial charge in [-0.05, 0) is 62.6 Å². The van der Waals surface area contributed by atoms with Crippen molar-refractivity contribution in [3.63, 3.8) is 0 Å². The van der Waals surface area contributed by atoms with Crippen LogP contribution in [0, 0.1) is 19.3 Å². The van der Waals surface area contributed by atoms with E-state index in [1.807, 2.05) is 40.7 Å². The summed E-state index contributed by atoms with van der Waals surface area (Å²) in [4.78, 5) is 40.5. The van der Waals surface area contributed by atoms with E-state index in [0.717, 1.165) is 33.7 Å². The van der Waals surface area contributed by atoms with Crippen molar-refractivity contribution in [2.75, 3.05) is 33.9 Å². The minimum absolute atomic E-state index is 0.000275. The fourth-order valence-electron chi connectivity index (χ4n) is 4.27. The third-order valence-corrected chi connectivity index (χ3v) is 8.30. The van der Waals surface area contributed by atoms with Crippen LogP contribution in [-0.4, -0.2) is 56.3 Å². The third-order valence-electron chi connectivity index (χ3n) is 6.81. The van der Waals surface area contributed by atoms with Crippen LogP contribution in [0.25, 0.3) is 0 Å². The lowest BCUT2D eigenvalue weighted by molar-refractivity contribution is -0.141. The van der Waals surface area contributed by atoms with E-state index in [9.17, 15) is 14.4 Å². The maximum Gasteiger partial charge on any atom is 0.319 e. The van der Waals surface area contributed by atoms with Gasteiger partial charge < -0.3 is 9.47 Å². The number of ether oxygens (including phenoxy) is 2. The van der Waals surface area contributed by atoms with Gasteiger partial charge in [0.25, 0.3) is 0 Å². The first-order valence-corrected chi connectivity index (χ1v) is 13.3. The molecule has 0 saturated carbocycles. The molecule has 2 rings (SSSR count). The molecule has 7 heteroatoms. The molecule has 2 aromatic rings. The number of thiophene rings is 1. The first-order valence-electron chi connectivity index (χ1n) is 12.5. The molecule has 1 aromatic carbocycles. The average molecular weight is 516 g/mol. The van der Waals surface area contributed by atoms with Gasteiger partial charge in [-0.2, -0.15) is 0 Å². The van der Waals surface area contributed by atoms with E-state index >= 15 is 0 Å². The van der Waals surface area contributed by atoms with Gasteiger partial charge in [-0.25, -0.2) is 0 Å². The Labute approximate surface area is 220 Å². The highest BCUT2D eigenvalue weighted by Crippen LogP contribution is 2.44. The Bertz CT molecular complexity index is 1090. The molecule has 0 radical (unpaired) electrons. The predicted molar refractivity (Wildman–Crippen MR) is 145 cm³/mol. The smallest absolute Gasteiger partial charge is 0.319 e. The van der Waals surface area contributed by atoms with E-state index in [1.54, 1.807) is 23.3 Å². The van der Waals surface area contributed by atoms with Gasteiger partial charge in [0.05, 0.1) is 25.1 Å². The van der Waals surface area contributed by atoms with Crippen molar-refractivity contribution >= 4 is 28.9 Å². The van der Waals surface area contributed by atoms with E-state index in [4.69, 9.17) is 9.47 Å². The van der Waals surface area contributed by atoms with Crippen LogP contribution in [-0.2, 0) is 19.7 Å². The summed E-state index contributed by atoms with van der Waals surface area (Å²) in [6, 6.07) is 8.31. The number of nitrogens with zero attached hydrogens (tertiary/aromatic N) is 1. The SMILES string of the molecule is CCC(CC)(c1ccc(OCC(=O)C(C)(C)C)c(C)c1)c1cc(C)c(C(=O)CN(C)CC(=O)OC)s1. The largest absolute Gasteiger partial charge is 0.486 e. The van der Waals surface area contributed by atoms with Crippen LogP contribution in [0.15, 0.2) is 24.3 Å². The van der Waals surface area contributed by atoms with Gasteiger partial charge in [0, 0.05) is 15.7 Å². The lowest BCUT2D eigenvalue weighted by Gasteiger charge is -2.32. The Morgan fingerprint density at radius 3 is 2.14 bits per heavy atom. The molecular formula is C29H41NO5S. The van der Waals surface area contributed by atoms with Crippen molar-refractivity contribution in [1.82, 2.24) is 4.90 Å². The van der Waals surface area contributed by atoms with Gasteiger partial charge in [-0.15, -0.1) is 11.3 Å². The lowest BCUT2D eigenvalue weighted by Crippen LogP contribution is -2.31. The Balaban J connectivity index is 2.33. The second-order valence-corrected chi connectivity index (χ2v) is 11.6. The summed E-state index contributed by atoms with van der Waals surface area (Å²) < 4.78 is 10.6. The number of aryl methyl sites for hydroxylation is 2. The second kappa shape index (κ2) is 12.2. The standard InChI is InChI=1S/C29H41NO5S/c1-10-29(11-2,21-12-13-23(19(3)14-21)35-18-24(32)28(5,6)7)25-15-20(4)27(36-25)22(31)16-30(8)17-26(33)34-9/h12-15H,10-11,16-18H2,1-9H3. The van der Waals surface area contributed by atoms with Crippen molar-refractivity contribution in [3.8, 4) is 5.75 Å². The van der Waals surface area contributed by atoms with Crippen LogP contribution in [0.1, 0.15) is 78.7 Å². The second-order valence-electron chi connectivity index (χ2n) is 10.5. The van der Waals surface area contributed by atoms with E-state index in [1.165, 1.54) is 12.7 Å². The Kier molecular flexibility index (Phi) is 10.0. The normalized spacial score (nSPS) is 12.1. The number of carbonyl (C=O) groups excluding carboxylic acids is 3. The average Bonchev–Trinajstić information content (AvgIpc) is 3.20. The summed E-state index contributed by atoms with van der Waals surface area (Å²) >= 11 is 1.54. The van der Waals surface area contributed by atoms with E-state index in [-0.39, 0.29) is 42.6 Å². The highest BCUT2D eigenvalue weighted by Gasteiger charge is 2.34. The monoisotopic (exact) mass is 515 g/mol. The number of rotatable bonds is 12. The molecule has 0 bridgehead atoms. The summed E-state index contributed by atoms with van der Waals surface area (Å²) in [6.07, 6.45) is 1.75. The zero-order valence-electron chi connectivity index (χ0n) is 23.2. The molecule has 6 nitrogen and oxygen atoms in total. The summed E-state index contributed by atoms with van der Waals surface area (Å²) in [5.74, 6) is 0.408. The summed E-state index contributed by atoms with van der Waals surface area (Å²) in [7, 11) is 3.08. The number of benzene rings is 1. The maximum absolute atomic E-state index is 13.1. The van der Waals surface area contributed by atoms with Crippen LogP contribution in [0.2, 0.25) is 0 Å². The molecule has 0 saturated heterocycles. The van der Waals surface area contributed by atoms with Gasteiger partial charge >= 0.3 is 5.97 Å². The molecule has 1 aromatic heterocycles. The fourth-order valence-corrected chi connectivity index (χ4v) is 5.73. The first-order chi connectivity index (χ1) is 16.8. The number of Topliss-reactive ketones (excluding diaryl/α,β-unsaturated/α-hetero) is 2. The maximum atomic E-state index is 13.1. The molecule has 0 aliphatic carbocycles. The lowest BCUT2D eigenvalue weighted by atomic mass is 9.74. The van der Waals surface area contributed by atoms with Gasteiger partial charge in [-0.1, -0.05) is 46.8 Å². The molecule has 198 valence electrons. The topological polar surface area (TPSA) is 72.9 Å². The Morgan fingerprint density at radius 2 is 1.61 bits per heavy atom. The van der Waals surface area contributed by atoms with Crippen molar-refractivity contribution in [2.45, 2.75) is 66.7 Å². The van der Waals surface area contributed by atoms with Crippen LogP contribution in [0.5, 0.6) is 5.75 Å². The summed E-state index contributed by atoms with van der Waals surface area (Å²) in [5, 5.41) is 0. The number of esters is 1. The molecule has 0 atom stereocenters. The highest BCUT2D eigenvalue weighted by atomic mass is 32.1. The molecule has 0 aliphatic rings. The van der Waals surface area contributed by atoms with Crippen molar-refractivity contribution < 1.29 is 23.9 Å². The minimum atomic E-state index is -0.437. The molecule has 0 unspecified atom stereocenters. The molecule has 0 fully saturated rings. The number of hydrogen-bond donors (Lipinski definition) is 0. The zero-order valence-corrected chi connectivity index (χ0v) is 24.1. The van der Waals surface area contributed by atoms with Crippen molar-refractivity contribution in [3.05, 3.63) is 50.7 Å². The third kappa shape index (κ3) is 6.83. The quantitative estimate of drug-likeness (QED) is 0.265. The number of methoxy groups -OCH3 is 1. The van der Waals surface area contributed by atoms with Crippen LogP contribution >= 0.6 is 11.3 Å². The van der Waals surface area contributed by atoms with Crippen LogP contribution in [0.3, 0.4) is 0 Å². The van der Waals surface area contributed by atoms with Gasteiger partial charge in [-0.3, -0.25) is 19.3 Å². The number of hydrogen-bond acceptors (Lipinski definition) is 7. The fraction of sp³-hybridized carbons (Fsp3) is 0.552. The highest BCUT2D eigenvalue weighted by molar-refractivity contribution is 7.14. The summed E-state index contributed by atoms with van der Waals surface area (Å²) in [5.41, 5.74) is 2.43. The molecule has 1 heterocycles. The van der Waals surface area contributed by atoms with Crippen LogP contribution < -0.4 is 4.74 Å². The number of ketones is 2. The minimum Gasteiger partial charge on any atom is -0.486 e.